The number of benzene rings is 1. The number of pyridine rings is 1. The monoisotopic (exact) mass is 214 g/mol. The molecular weight excluding hydrogens is 200 g/mol. The van der Waals surface area contributed by atoms with Gasteiger partial charge >= 0.3 is 0 Å². The second-order valence-corrected chi connectivity index (χ2v) is 3.49. The Bertz CT molecular complexity index is 456. The molecule has 0 bridgehead atoms. The maximum absolute atomic E-state index is 6.17. The lowest BCUT2D eigenvalue weighted by Gasteiger charge is -2.14. The van der Waals surface area contributed by atoms with Gasteiger partial charge in [0.2, 0.25) is 5.88 Å². The summed E-state index contributed by atoms with van der Waals surface area (Å²) in [5.41, 5.74) is 8.12. The van der Waals surface area contributed by atoms with Gasteiger partial charge in [0, 0.05) is 11.8 Å². The molecular formula is C13H14N2O. The lowest BCUT2D eigenvalue weighted by molar-refractivity contribution is 0.390. The molecule has 0 radical (unpaired) electrons. The molecule has 1 aromatic heterocycles. The van der Waals surface area contributed by atoms with Gasteiger partial charge in [-0.2, -0.15) is 0 Å². The SMILES string of the molecule is COc1ncccc1C(N)c1ccccc1. The molecule has 0 saturated heterocycles. The van der Waals surface area contributed by atoms with Crippen molar-refractivity contribution in [3.8, 4) is 5.88 Å². The van der Waals surface area contributed by atoms with Gasteiger partial charge in [-0.3, -0.25) is 0 Å². The fourth-order valence-corrected chi connectivity index (χ4v) is 1.65. The molecule has 3 heteroatoms. The summed E-state index contributed by atoms with van der Waals surface area (Å²) in [6, 6.07) is 13.5. The van der Waals surface area contributed by atoms with Crippen LogP contribution in [0.15, 0.2) is 48.7 Å². The molecule has 1 atom stereocenters. The molecule has 16 heavy (non-hydrogen) atoms. The Hall–Kier alpha value is -1.87. The maximum Gasteiger partial charge on any atom is 0.218 e. The second kappa shape index (κ2) is 4.77. The topological polar surface area (TPSA) is 48.1 Å². The van der Waals surface area contributed by atoms with Crippen LogP contribution in [-0.4, -0.2) is 12.1 Å². The molecule has 0 aliphatic heterocycles. The summed E-state index contributed by atoms with van der Waals surface area (Å²) in [6.45, 7) is 0. The molecule has 2 N–H and O–H groups in total. The van der Waals surface area contributed by atoms with Crippen LogP contribution in [0.25, 0.3) is 0 Å². The van der Waals surface area contributed by atoms with Gasteiger partial charge in [0.05, 0.1) is 13.2 Å². The molecule has 1 heterocycles. The standard InChI is InChI=1S/C13H14N2O/c1-16-13-11(8-5-9-15-13)12(14)10-6-3-2-4-7-10/h2-9,12H,14H2,1H3. The van der Waals surface area contributed by atoms with Crippen molar-refractivity contribution in [2.45, 2.75) is 6.04 Å². The zero-order chi connectivity index (χ0) is 11.4. The van der Waals surface area contributed by atoms with E-state index in [2.05, 4.69) is 4.98 Å². The number of ether oxygens (including phenoxy) is 1. The maximum atomic E-state index is 6.17. The first kappa shape index (κ1) is 10.6. The van der Waals surface area contributed by atoms with E-state index in [1.54, 1.807) is 13.3 Å². The van der Waals surface area contributed by atoms with Gasteiger partial charge < -0.3 is 10.5 Å². The number of hydrogen-bond acceptors (Lipinski definition) is 3. The van der Waals surface area contributed by atoms with Crippen molar-refractivity contribution in [3.63, 3.8) is 0 Å². The van der Waals surface area contributed by atoms with Crippen molar-refractivity contribution in [1.82, 2.24) is 4.98 Å². The Labute approximate surface area is 94.9 Å². The van der Waals surface area contributed by atoms with Crippen molar-refractivity contribution in [2.75, 3.05) is 7.11 Å². The summed E-state index contributed by atoms with van der Waals surface area (Å²) < 4.78 is 5.20. The van der Waals surface area contributed by atoms with Crippen LogP contribution < -0.4 is 10.5 Å². The highest BCUT2D eigenvalue weighted by Gasteiger charge is 2.13. The van der Waals surface area contributed by atoms with Crippen molar-refractivity contribution in [2.24, 2.45) is 5.73 Å². The molecule has 1 aromatic carbocycles. The van der Waals surface area contributed by atoms with E-state index in [9.17, 15) is 0 Å². The number of hydrogen-bond donors (Lipinski definition) is 1. The molecule has 0 fully saturated rings. The molecule has 0 amide bonds. The summed E-state index contributed by atoms with van der Waals surface area (Å²) >= 11 is 0. The van der Waals surface area contributed by atoms with Crippen LogP contribution in [0.3, 0.4) is 0 Å². The van der Waals surface area contributed by atoms with Crippen LogP contribution >= 0.6 is 0 Å². The van der Waals surface area contributed by atoms with Crippen LogP contribution in [0, 0.1) is 0 Å². The van der Waals surface area contributed by atoms with E-state index in [1.807, 2.05) is 42.5 Å². The van der Waals surface area contributed by atoms with Gasteiger partial charge in [-0.1, -0.05) is 36.4 Å². The van der Waals surface area contributed by atoms with Gasteiger partial charge in [0.1, 0.15) is 0 Å². The number of aromatic nitrogens is 1. The summed E-state index contributed by atoms with van der Waals surface area (Å²) in [5, 5.41) is 0. The van der Waals surface area contributed by atoms with Gasteiger partial charge in [0.25, 0.3) is 0 Å². The van der Waals surface area contributed by atoms with Crippen LogP contribution in [0.2, 0.25) is 0 Å². The Kier molecular flexibility index (Phi) is 3.17. The molecule has 2 aromatic rings. The number of methoxy groups -OCH3 is 1. The minimum atomic E-state index is -0.204. The van der Waals surface area contributed by atoms with Crippen LogP contribution in [0.4, 0.5) is 0 Å². The Balaban J connectivity index is 2.37. The first-order valence-corrected chi connectivity index (χ1v) is 5.12. The minimum absolute atomic E-state index is 0.204. The van der Waals surface area contributed by atoms with Crippen LogP contribution in [0.5, 0.6) is 5.88 Å². The Morgan fingerprint density at radius 2 is 1.88 bits per heavy atom. The molecule has 2 rings (SSSR count). The highest BCUT2D eigenvalue weighted by Crippen LogP contribution is 2.25. The van der Waals surface area contributed by atoms with Gasteiger partial charge in [-0.05, 0) is 11.6 Å². The average Bonchev–Trinajstić information content (AvgIpc) is 2.39. The van der Waals surface area contributed by atoms with E-state index < -0.39 is 0 Å². The Morgan fingerprint density at radius 3 is 2.56 bits per heavy atom. The lowest BCUT2D eigenvalue weighted by Crippen LogP contribution is -2.13. The third kappa shape index (κ3) is 2.04. The van der Waals surface area contributed by atoms with Crippen molar-refractivity contribution in [1.29, 1.82) is 0 Å². The number of nitrogens with two attached hydrogens (primary N) is 1. The van der Waals surface area contributed by atoms with Crippen LogP contribution in [0.1, 0.15) is 17.2 Å². The average molecular weight is 214 g/mol. The van der Waals surface area contributed by atoms with Crippen molar-refractivity contribution >= 4 is 0 Å². The van der Waals surface area contributed by atoms with Gasteiger partial charge in [-0.25, -0.2) is 4.98 Å². The first-order chi connectivity index (χ1) is 7.83. The fourth-order valence-electron chi connectivity index (χ4n) is 1.65. The largest absolute Gasteiger partial charge is 0.481 e. The summed E-state index contributed by atoms with van der Waals surface area (Å²) in [7, 11) is 1.60. The Morgan fingerprint density at radius 1 is 1.12 bits per heavy atom. The second-order valence-electron chi connectivity index (χ2n) is 3.49. The summed E-state index contributed by atoms with van der Waals surface area (Å²) in [5.74, 6) is 0.582. The molecule has 0 saturated carbocycles. The molecule has 0 spiro atoms. The van der Waals surface area contributed by atoms with Crippen molar-refractivity contribution in [3.05, 3.63) is 59.8 Å². The van der Waals surface area contributed by atoms with Gasteiger partial charge in [-0.15, -0.1) is 0 Å². The molecule has 1 unspecified atom stereocenters. The minimum Gasteiger partial charge on any atom is -0.481 e. The third-order valence-corrected chi connectivity index (χ3v) is 2.49. The molecule has 0 aliphatic carbocycles. The van der Waals surface area contributed by atoms with Crippen LogP contribution in [-0.2, 0) is 0 Å². The summed E-state index contributed by atoms with van der Waals surface area (Å²) in [4.78, 5) is 4.14. The van der Waals surface area contributed by atoms with E-state index in [0.29, 0.717) is 5.88 Å². The first-order valence-electron chi connectivity index (χ1n) is 5.12. The highest BCUT2D eigenvalue weighted by molar-refractivity contribution is 5.36. The zero-order valence-electron chi connectivity index (χ0n) is 9.13. The number of nitrogens with zero attached hydrogens (tertiary/aromatic N) is 1. The highest BCUT2D eigenvalue weighted by atomic mass is 16.5. The molecule has 0 aliphatic rings. The predicted octanol–water partition coefficient (Wildman–Crippen LogP) is 2.14. The smallest absolute Gasteiger partial charge is 0.218 e. The van der Waals surface area contributed by atoms with E-state index in [4.69, 9.17) is 10.5 Å². The molecule has 82 valence electrons. The van der Waals surface area contributed by atoms with E-state index >= 15 is 0 Å². The summed E-state index contributed by atoms with van der Waals surface area (Å²) in [6.07, 6.45) is 1.69. The van der Waals surface area contributed by atoms with E-state index in [0.717, 1.165) is 11.1 Å². The zero-order valence-corrected chi connectivity index (χ0v) is 9.13. The normalized spacial score (nSPS) is 12.1. The third-order valence-electron chi connectivity index (χ3n) is 2.49. The molecule has 3 nitrogen and oxygen atoms in total. The fraction of sp³-hybridized carbons (Fsp3) is 0.154. The van der Waals surface area contributed by atoms with Gasteiger partial charge in [0.15, 0.2) is 0 Å². The number of rotatable bonds is 3. The van der Waals surface area contributed by atoms with E-state index in [-0.39, 0.29) is 6.04 Å². The van der Waals surface area contributed by atoms with Crippen molar-refractivity contribution < 1.29 is 4.74 Å². The van der Waals surface area contributed by atoms with E-state index in [1.165, 1.54) is 0 Å². The quantitative estimate of drug-likeness (QED) is 0.851. The lowest BCUT2D eigenvalue weighted by atomic mass is 10.0. The predicted molar refractivity (Wildman–Crippen MR) is 63.3 cm³/mol.